The monoisotopic (exact) mass is 377 g/mol. The molecule has 0 unspecified atom stereocenters. The van der Waals surface area contributed by atoms with Crippen LogP contribution in [0, 0.1) is 0 Å². The van der Waals surface area contributed by atoms with Gasteiger partial charge in [-0.15, -0.1) is 0 Å². The number of aromatic nitrogens is 2. The lowest BCUT2D eigenvalue weighted by Gasteiger charge is -2.13. The van der Waals surface area contributed by atoms with E-state index in [1.54, 1.807) is 12.1 Å². The zero-order valence-corrected chi connectivity index (χ0v) is 15.4. The first-order valence-corrected chi connectivity index (χ1v) is 9.23. The van der Waals surface area contributed by atoms with Gasteiger partial charge in [-0.1, -0.05) is 36.3 Å². The SMILES string of the molecule is CCCc1nc2ccccc2n1CCC(=O)ON1C(=O)c2ccccc2C1=O. The van der Waals surface area contributed by atoms with Crippen LogP contribution in [0.5, 0.6) is 0 Å². The molecule has 2 amide bonds. The third-order valence-corrected chi connectivity index (χ3v) is 4.70. The Morgan fingerprint density at radius 1 is 1.00 bits per heavy atom. The van der Waals surface area contributed by atoms with Gasteiger partial charge in [0.15, 0.2) is 0 Å². The third kappa shape index (κ3) is 3.05. The van der Waals surface area contributed by atoms with E-state index in [-0.39, 0.29) is 17.5 Å². The van der Waals surface area contributed by atoms with Crippen LogP contribution in [0.3, 0.4) is 0 Å². The van der Waals surface area contributed by atoms with Crippen LogP contribution in [-0.4, -0.2) is 32.4 Å². The van der Waals surface area contributed by atoms with Gasteiger partial charge in [-0.05, 0) is 30.7 Å². The molecule has 7 heteroatoms. The number of fused-ring (bicyclic) bond motifs is 2. The van der Waals surface area contributed by atoms with Crippen molar-refractivity contribution in [3.05, 3.63) is 65.5 Å². The van der Waals surface area contributed by atoms with Crippen LogP contribution in [0.25, 0.3) is 11.0 Å². The number of carbonyl (C=O) groups is 3. The Kier molecular flexibility index (Phi) is 4.65. The molecule has 142 valence electrons. The minimum atomic E-state index is -0.644. The smallest absolute Gasteiger partial charge is 0.330 e. The van der Waals surface area contributed by atoms with Gasteiger partial charge < -0.3 is 9.40 Å². The molecule has 0 saturated carbocycles. The molecule has 28 heavy (non-hydrogen) atoms. The van der Waals surface area contributed by atoms with Crippen molar-refractivity contribution < 1.29 is 19.2 Å². The molecule has 0 fully saturated rings. The first-order chi connectivity index (χ1) is 13.6. The quantitative estimate of drug-likeness (QED) is 0.617. The van der Waals surface area contributed by atoms with E-state index in [0.29, 0.717) is 11.6 Å². The van der Waals surface area contributed by atoms with Crippen molar-refractivity contribution in [1.82, 2.24) is 14.6 Å². The van der Waals surface area contributed by atoms with E-state index in [1.165, 1.54) is 12.1 Å². The number of aryl methyl sites for hydroxylation is 2. The van der Waals surface area contributed by atoms with Gasteiger partial charge in [-0.2, -0.15) is 0 Å². The summed E-state index contributed by atoms with van der Waals surface area (Å²) in [7, 11) is 0. The zero-order valence-electron chi connectivity index (χ0n) is 15.4. The Bertz CT molecular complexity index is 1050. The van der Waals surface area contributed by atoms with E-state index < -0.39 is 17.8 Å². The Labute approximate surface area is 161 Å². The molecule has 1 aliphatic heterocycles. The maximum absolute atomic E-state index is 12.3. The molecule has 0 bridgehead atoms. The largest absolute Gasteiger partial charge is 0.335 e. The average Bonchev–Trinajstić information content (AvgIpc) is 3.17. The van der Waals surface area contributed by atoms with Gasteiger partial charge in [0, 0.05) is 13.0 Å². The number of benzene rings is 2. The minimum absolute atomic E-state index is 0.0183. The van der Waals surface area contributed by atoms with Gasteiger partial charge in [0.1, 0.15) is 5.82 Å². The number of hydrogen-bond acceptors (Lipinski definition) is 5. The average molecular weight is 377 g/mol. The molecule has 0 aliphatic carbocycles. The lowest BCUT2D eigenvalue weighted by atomic mass is 10.1. The normalized spacial score (nSPS) is 13.2. The molecule has 1 aromatic heterocycles. The van der Waals surface area contributed by atoms with Gasteiger partial charge in [0.05, 0.1) is 28.6 Å². The summed E-state index contributed by atoms with van der Waals surface area (Å²) in [6.07, 6.45) is 1.75. The molecule has 2 aromatic carbocycles. The second-order valence-corrected chi connectivity index (χ2v) is 6.58. The van der Waals surface area contributed by atoms with Crippen molar-refractivity contribution in [1.29, 1.82) is 0 Å². The zero-order chi connectivity index (χ0) is 19.7. The summed E-state index contributed by atoms with van der Waals surface area (Å²) >= 11 is 0. The highest BCUT2D eigenvalue weighted by Gasteiger charge is 2.38. The highest BCUT2D eigenvalue weighted by molar-refractivity contribution is 6.20. The predicted molar refractivity (Wildman–Crippen MR) is 101 cm³/mol. The first kappa shape index (κ1) is 17.9. The number of amides is 2. The molecule has 0 N–H and O–H groups in total. The van der Waals surface area contributed by atoms with E-state index in [4.69, 9.17) is 4.84 Å². The number of hydrogen-bond donors (Lipinski definition) is 0. The van der Waals surface area contributed by atoms with Crippen LogP contribution in [0.1, 0.15) is 46.3 Å². The van der Waals surface area contributed by atoms with Crippen molar-refractivity contribution in [2.24, 2.45) is 0 Å². The number of nitrogens with zero attached hydrogens (tertiary/aromatic N) is 3. The lowest BCUT2D eigenvalue weighted by molar-refractivity contribution is -0.168. The van der Waals surface area contributed by atoms with Crippen LogP contribution in [0.15, 0.2) is 48.5 Å². The number of rotatable bonds is 6. The van der Waals surface area contributed by atoms with Crippen molar-refractivity contribution in [2.45, 2.75) is 32.7 Å². The van der Waals surface area contributed by atoms with Gasteiger partial charge in [0.2, 0.25) is 0 Å². The van der Waals surface area contributed by atoms with Gasteiger partial charge in [-0.3, -0.25) is 9.59 Å². The molecule has 0 radical (unpaired) electrons. The fraction of sp³-hybridized carbons (Fsp3) is 0.238. The molecule has 0 atom stereocenters. The molecule has 1 aliphatic rings. The van der Waals surface area contributed by atoms with Crippen LogP contribution < -0.4 is 0 Å². The molecule has 7 nitrogen and oxygen atoms in total. The first-order valence-electron chi connectivity index (χ1n) is 9.23. The van der Waals surface area contributed by atoms with Gasteiger partial charge >= 0.3 is 5.97 Å². The summed E-state index contributed by atoms with van der Waals surface area (Å²) in [5.41, 5.74) is 2.30. The van der Waals surface area contributed by atoms with Gasteiger partial charge in [0.25, 0.3) is 11.8 Å². The van der Waals surface area contributed by atoms with Crippen molar-refractivity contribution in [2.75, 3.05) is 0 Å². The highest BCUT2D eigenvalue weighted by Crippen LogP contribution is 2.23. The van der Waals surface area contributed by atoms with E-state index in [2.05, 4.69) is 11.9 Å². The number of carbonyl (C=O) groups excluding carboxylic acids is 3. The fourth-order valence-electron chi connectivity index (χ4n) is 3.39. The van der Waals surface area contributed by atoms with Crippen LogP contribution in [0.4, 0.5) is 0 Å². The standard InChI is InChI=1S/C21H19N3O4/c1-2-7-18-22-16-10-5-6-11-17(16)23(18)13-12-19(25)28-24-20(26)14-8-3-4-9-15(14)21(24)27/h3-6,8-11H,2,7,12-13H2,1H3. The van der Waals surface area contributed by atoms with E-state index in [0.717, 1.165) is 29.7 Å². The summed E-state index contributed by atoms with van der Waals surface area (Å²) in [5, 5.41) is 0.548. The van der Waals surface area contributed by atoms with E-state index in [1.807, 2.05) is 28.8 Å². The molecular weight excluding hydrogens is 358 g/mol. The molecule has 4 rings (SSSR count). The van der Waals surface area contributed by atoms with Crippen LogP contribution in [0.2, 0.25) is 0 Å². The Morgan fingerprint density at radius 2 is 1.64 bits per heavy atom. The number of imide groups is 1. The summed E-state index contributed by atoms with van der Waals surface area (Å²) in [5.74, 6) is -0.977. The predicted octanol–water partition coefficient (Wildman–Crippen LogP) is 3.13. The topological polar surface area (TPSA) is 81.5 Å². The third-order valence-electron chi connectivity index (χ3n) is 4.70. The molecule has 3 aromatic rings. The number of para-hydroxylation sites is 2. The van der Waals surface area contributed by atoms with E-state index >= 15 is 0 Å². The second kappa shape index (κ2) is 7.26. The summed E-state index contributed by atoms with van der Waals surface area (Å²) in [6, 6.07) is 14.1. The summed E-state index contributed by atoms with van der Waals surface area (Å²) in [6.45, 7) is 2.43. The van der Waals surface area contributed by atoms with Crippen LogP contribution in [-0.2, 0) is 22.6 Å². The fourth-order valence-corrected chi connectivity index (χ4v) is 3.39. The second-order valence-electron chi connectivity index (χ2n) is 6.58. The molecule has 0 spiro atoms. The summed E-state index contributed by atoms with van der Waals surface area (Å²) in [4.78, 5) is 46.7. The van der Waals surface area contributed by atoms with Crippen molar-refractivity contribution in [3.8, 4) is 0 Å². The maximum Gasteiger partial charge on any atom is 0.335 e. The van der Waals surface area contributed by atoms with Gasteiger partial charge in [-0.25, -0.2) is 9.78 Å². The Hall–Kier alpha value is -3.48. The van der Waals surface area contributed by atoms with Crippen molar-refractivity contribution in [3.63, 3.8) is 0 Å². The highest BCUT2D eigenvalue weighted by atomic mass is 16.7. The molecular formula is C21H19N3O4. The Morgan fingerprint density at radius 3 is 2.32 bits per heavy atom. The number of hydroxylamine groups is 2. The molecule has 0 saturated heterocycles. The molecule has 2 heterocycles. The maximum atomic E-state index is 12.3. The van der Waals surface area contributed by atoms with E-state index in [9.17, 15) is 14.4 Å². The Balaban J connectivity index is 1.47. The number of imidazole rings is 1. The minimum Gasteiger partial charge on any atom is -0.330 e. The van der Waals surface area contributed by atoms with Crippen LogP contribution >= 0.6 is 0 Å². The lowest BCUT2D eigenvalue weighted by Crippen LogP contribution is -2.33. The van der Waals surface area contributed by atoms with Crippen molar-refractivity contribution >= 4 is 28.8 Å². The summed E-state index contributed by atoms with van der Waals surface area (Å²) < 4.78 is 1.99.